The van der Waals surface area contributed by atoms with Crippen LogP contribution in [0.3, 0.4) is 0 Å². The average molecular weight is 767 g/mol. The van der Waals surface area contributed by atoms with Crippen molar-refractivity contribution in [2.45, 2.75) is 38.5 Å². The third-order valence-corrected chi connectivity index (χ3v) is 12.7. The summed E-state index contributed by atoms with van der Waals surface area (Å²) in [6.45, 7) is 9.06. The lowest BCUT2D eigenvalue weighted by molar-refractivity contribution is 0.772. The fourth-order valence-electron chi connectivity index (χ4n) is 8.68. The number of thiophene rings is 1. The summed E-state index contributed by atoms with van der Waals surface area (Å²) >= 11 is 1.75. The van der Waals surface area contributed by atoms with Gasteiger partial charge < -0.3 is 4.57 Å². The third-order valence-electron chi connectivity index (χ3n) is 11.6. The summed E-state index contributed by atoms with van der Waals surface area (Å²) < 4.78 is 4.73. The van der Waals surface area contributed by atoms with Crippen LogP contribution in [0, 0.1) is 0 Å². The van der Waals surface area contributed by atoms with E-state index in [0.717, 1.165) is 54.9 Å². The second kappa shape index (κ2) is 15.0. The first-order valence-electron chi connectivity index (χ1n) is 20.1. The van der Waals surface area contributed by atoms with Crippen LogP contribution in [-0.2, 0) is 0 Å². The van der Waals surface area contributed by atoms with Gasteiger partial charge in [0.2, 0.25) is 0 Å². The first-order valence-corrected chi connectivity index (χ1v) is 20.9. The molecule has 2 aliphatic rings. The van der Waals surface area contributed by atoms with E-state index in [1.54, 1.807) is 11.3 Å². The molecular weight excluding hydrogens is 725 g/mol. The SMILES string of the molecule is C=c1/c(=C\C(=C/C)c2ccccc2)sc2cccc(-c3nc(-c4ccccc4)nc(-c4cccc(C5C=C(n6c7c(c8ccccc86)C(C)CC=C7)C=CC5)c4)n3)c12. The summed E-state index contributed by atoms with van der Waals surface area (Å²) in [5.74, 6) is 2.60. The van der Waals surface area contributed by atoms with Gasteiger partial charge in [-0.25, -0.2) is 15.0 Å². The van der Waals surface area contributed by atoms with Crippen LogP contribution in [0.25, 0.3) is 85.2 Å². The minimum absolute atomic E-state index is 0.192. The summed E-state index contributed by atoms with van der Waals surface area (Å²) in [6.07, 6.45) is 18.1. The summed E-state index contributed by atoms with van der Waals surface area (Å²) in [4.78, 5) is 15.5. The molecule has 10 rings (SSSR count). The number of hydrogen-bond donors (Lipinski definition) is 0. The molecule has 0 N–H and O–H groups in total. The highest BCUT2D eigenvalue weighted by molar-refractivity contribution is 7.17. The Balaban J connectivity index is 1.08. The molecule has 8 aromatic rings. The molecule has 280 valence electrons. The van der Waals surface area contributed by atoms with Crippen molar-refractivity contribution in [2.24, 2.45) is 0 Å². The molecule has 4 nitrogen and oxygen atoms in total. The third kappa shape index (κ3) is 6.38. The summed E-state index contributed by atoms with van der Waals surface area (Å²) in [7, 11) is 0. The zero-order chi connectivity index (χ0) is 39.2. The van der Waals surface area contributed by atoms with Crippen LogP contribution < -0.4 is 9.75 Å². The van der Waals surface area contributed by atoms with Gasteiger partial charge in [-0.1, -0.05) is 147 Å². The van der Waals surface area contributed by atoms with Crippen LogP contribution in [0.15, 0.2) is 158 Å². The summed E-state index contributed by atoms with van der Waals surface area (Å²) in [6, 6.07) is 44.7. The van der Waals surface area contributed by atoms with Crippen molar-refractivity contribution >= 4 is 62.3 Å². The Morgan fingerprint density at radius 2 is 1.45 bits per heavy atom. The quantitative estimate of drug-likeness (QED) is 0.162. The molecule has 0 saturated heterocycles. The summed E-state index contributed by atoms with van der Waals surface area (Å²) in [5, 5.41) is 3.40. The Labute approximate surface area is 342 Å². The number of aromatic nitrogens is 4. The number of nitrogens with zero attached hydrogens (tertiary/aromatic N) is 4. The lowest BCUT2D eigenvalue weighted by Gasteiger charge is -2.22. The van der Waals surface area contributed by atoms with Gasteiger partial charge >= 0.3 is 0 Å². The molecule has 5 aromatic carbocycles. The maximum atomic E-state index is 5.25. The number of allylic oxidation sites excluding steroid dienone is 7. The molecule has 0 spiro atoms. The standard InChI is InChI=1S/C53H42N4S/c1-4-36(37-18-7-5-8-19-37)33-48-35(3)50-44(27-16-30-47(50)58-48)53-55-51(38-20-9-6-10-21-38)54-52(56-53)41-24-14-22-39(31-41)40-23-15-25-42(32-40)57-45-28-12-11-26-43(45)49-34(2)17-13-29-46(49)57/h4-16,18-22,24-34,40H,3,17,23H2,1-2H3/b36-4+,48-33+. The van der Waals surface area contributed by atoms with Crippen LogP contribution >= 0.6 is 11.3 Å². The molecule has 0 saturated carbocycles. The smallest absolute Gasteiger partial charge is 0.164 e. The van der Waals surface area contributed by atoms with Crippen molar-refractivity contribution in [2.75, 3.05) is 0 Å². The lowest BCUT2D eigenvalue weighted by atomic mass is 9.89. The second-order valence-electron chi connectivity index (χ2n) is 15.2. The monoisotopic (exact) mass is 766 g/mol. The van der Waals surface area contributed by atoms with E-state index in [0.29, 0.717) is 23.4 Å². The molecule has 0 amide bonds. The van der Waals surface area contributed by atoms with Gasteiger partial charge in [-0.15, -0.1) is 11.3 Å². The first-order chi connectivity index (χ1) is 28.5. The fourth-order valence-corrected chi connectivity index (χ4v) is 9.81. The van der Waals surface area contributed by atoms with E-state index in [2.05, 4.69) is 177 Å². The zero-order valence-corrected chi connectivity index (χ0v) is 33.5. The Morgan fingerprint density at radius 3 is 2.28 bits per heavy atom. The van der Waals surface area contributed by atoms with Crippen molar-refractivity contribution in [3.8, 4) is 34.2 Å². The van der Waals surface area contributed by atoms with Gasteiger partial charge in [-0.3, -0.25) is 0 Å². The minimum atomic E-state index is 0.192. The average Bonchev–Trinajstić information content (AvgIpc) is 3.80. The van der Waals surface area contributed by atoms with Crippen LogP contribution in [0.4, 0.5) is 0 Å². The van der Waals surface area contributed by atoms with Gasteiger partial charge in [-0.05, 0) is 89.6 Å². The maximum Gasteiger partial charge on any atom is 0.164 e. The van der Waals surface area contributed by atoms with Crippen molar-refractivity contribution < 1.29 is 0 Å². The predicted molar refractivity (Wildman–Crippen MR) is 246 cm³/mol. The zero-order valence-electron chi connectivity index (χ0n) is 32.6. The number of hydrogen-bond acceptors (Lipinski definition) is 4. The molecule has 0 aliphatic heterocycles. The van der Waals surface area contributed by atoms with Crippen molar-refractivity contribution in [3.05, 3.63) is 190 Å². The highest BCUT2D eigenvalue weighted by Crippen LogP contribution is 2.41. The molecule has 0 bridgehead atoms. The van der Waals surface area contributed by atoms with Crippen molar-refractivity contribution in [1.29, 1.82) is 0 Å². The molecule has 5 heteroatoms. The van der Waals surface area contributed by atoms with Crippen molar-refractivity contribution in [3.63, 3.8) is 0 Å². The van der Waals surface area contributed by atoms with Crippen LogP contribution in [0.5, 0.6) is 0 Å². The van der Waals surface area contributed by atoms with E-state index in [1.165, 1.54) is 39.0 Å². The van der Waals surface area contributed by atoms with Gasteiger partial charge in [0.1, 0.15) is 0 Å². The Hall–Kier alpha value is -6.69. The normalized spacial score (nSPS) is 16.9. The Kier molecular flexibility index (Phi) is 9.23. The maximum absolute atomic E-state index is 5.25. The molecule has 0 fully saturated rings. The first kappa shape index (κ1) is 35.7. The van der Waals surface area contributed by atoms with Crippen molar-refractivity contribution in [1.82, 2.24) is 19.5 Å². The van der Waals surface area contributed by atoms with E-state index in [1.807, 2.05) is 18.2 Å². The number of fused-ring (bicyclic) bond motifs is 4. The molecule has 3 aromatic heterocycles. The van der Waals surface area contributed by atoms with Gasteiger partial charge in [0.15, 0.2) is 17.5 Å². The van der Waals surface area contributed by atoms with Gasteiger partial charge in [-0.2, -0.15) is 0 Å². The van der Waals surface area contributed by atoms with Gasteiger partial charge in [0.25, 0.3) is 0 Å². The predicted octanol–water partition coefficient (Wildman–Crippen LogP) is 12.4. The molecule has 2 aliphatic carbocycles. The van der Waals surface area contributed by atoms with Gasteiger partial charge in [0.05, 0.1) is 5.52 Å². The lowest BCUT2D eigenvalue weighted by Crippen LogP contribution is -2.17. The van der Waals surface area contributed by atoms with E-state index in [9.17, 15) is 0 Å². The van der Waals surface area contributed by atoms with E-state index in [4.69, 9.17) is 15.0 Å². The molecule has 2 atom stereocenters. The van der Waals surface area contributed by atoms with Crippen LogP contribution in [0.2, 0.25) is 0 Å². The van der Waals surface area contributed by atoms with E-state index < -0.39 is 0 Å². The number of rotatable bonds is 7. The Morgan fingerprint density at radius 1 is 0.741 bits per heavy atom. The largest absolute Gasteiger partial charge is 0.310 e. The van der Waals surface area contributed by atoms with Crippen LogP contribution in [-0.4, -0.2) is 19.5 Å². The van der Waals surface area contributed by atoms with Gasteiger partial charge in [0, 0.05) is 54.0 Å². The highest BCUT2D eigenvalue weighted by Gasteiger charge is 2.25. The van der Waals surface area contributed by atoms with Crippen LogP contribution in [0.1, 0.15) is 60.9 Å². The summed E-state index contributed by atoms with van der Waals surface area (Å²) in [5.41, 5.74) is 11.7. The van der Waals surface area contributed by atoms with E-state index in [-0.39, 0.29) is 5.92 Å². The fraction of sp³-hybridized carbons (Fsp3) is 0.113. The number of para-hydroxylation sites is 1. The molecule has 58 heavy (non-hydrogen) atoms. The molecular formula is C53H42N4S. The molecule has 2 unspecified atom stereocenters. The topological polar surface area (TPSA) is 43.6 Å². The Bertz CT molecular complexity index is 3110. The second-order valence-corrected chi connectivity index (χ2v) is 16.3. The minimum Gasteiger partial charge on any atom is -0.310 e. The molecule has 0 radical (unpaired) electrons. The number of benzene rings is 5. The highest BCUT2D eigenvalue weighted by atomic mass is 32.1. The van der Waals surface area contributed by atoms with E-state index >= 15 is 0 Å². The molecule has 3 heterocycles.